The number of hydrogen-bond donors (Lipinski definition) is 1. The summed E-state index contributed by atoms with van der Waals surface area (Å²) in [5, 5.41) is 3.23. The number of amides is 4. The zero-order valence-electron chi connectivity index (χ0n) is 18.0. The molecule has 0 spiro atoms. The molecular weight excluding hydrogens is 422 g/mol. The fraction of sp³-hybridized carbons (Fsp3) is 0.400. The fourth-order valence-electron chi connectivity index (χ4n) is 3.13. The molecule has 11 heteroatoms. The van der Waals surface area contributed by atoms with Gasteiger partial charge in [-0.1, -0.05) is 23.7 Å². The van der Waals surface area contributed by atoms with Crippen LogP contribution < -0.4 is 14.8 Å². The molecule has 31 heavy (non-hydrogen) atoms. The number of benzene rings is 1. The van der Waals surface area contributed by atoms with E-state index in [0.29, 0.717) is 40.3 Å². The molecule has 0 radical (unpaired) electrons. The molecule has 2 aliphatic rings. The number of ether oxygens (including phenoxy) is 2. The van der Waals surface area contributed by atoms with Gasteiger partial charge in [-0.05, 0) is 12.1 Å². The Morgan fingerprint density at radius 2 is 2.00 bits per heavy atom. The van der Waals surface area contributed by atoms with Crippen molar-refractivity contribution in [2.75, 3.05) is 39.4 Å². The van der Waals surface area contributed by atoms with Crippen LogP contribution in [0.2, 0.25) is 0 Å². The summed E-state index contributed by atoms with van der Waals surface area (Å²) in [6.07, 6.45) is 0.527. The highest BCUT2D eigenvalue weighted by atomic mass is 32.2. The van der Waals surface area contributed by atoms with Crippen molar-refractivity contribution in [2.45, 2.75) is 13.3 Å². The number of thioether (sulfide) groups is 1. The average molecular weight is 447 g/mol. The molecule has 1 atom stereocenters. The summed E-state index contributed by atoms with van der Waals surface area (Å²) in [7, 11) is 6.03. The van der Waals surface area contributed by atoms with Gasteiger partial charge in [-0.25, -0.2) is 9.79 Å². The number of aliphatic imine (C=N–C) groups is 2. The molecule has 1 aromatic carbocycles. The van der Waals surface area contributed by atoms with Crippen molar-refractivity contribution in [1.82, 2.24) is 4.90 Å². The predicted octanol–water partition coefficient (Wildman–Crippen LogP) is 1.85. The molecule has 0 saturated heterocycles. The van der Waals surface area contributed by atoms with E-state index in [4.69, 9.17) is 9.47 Å². The summed E-state index contributed by atoms with van der Waals surface area (Å²) in [4.78, 5) is 47.6. The van der Waals surface area contributed by atoms with Crippen molar-refractivity contribution in [1.29, 1.82) is 0 Å². The summed E-state index contributed by atoms with van der Waals surface area (Å²) < 4.78 is 11.8. The van der Waals surface area contributed by atoms with E-state index in [0.717, 1.165) is 16.7 Å². The van der Waals surface area contributed by atoms with E-state index in [9.17, 15) is 14.4 Å². The van der Waals surface area contributed by atoms with Crippen LogP contribution in [-0.4, -0.2) is 78.1 Å². The number of rotatable bonds is 6. The van der Waals surface area contributed by atoms with Crippen LogP contribution in [0.5, 0.6) is 11.5 Å². The molecule has 1 aromatic rings. The first kappa shape index (κ1) is 22.5. The second-order valence-electron chi connectivity index (χ2n) is 6.76. The van der Waals surface area contributed by atoms with E-state index in [-0.39, 0.29) is 11.7 Å². The van der Waals surface area contributed by atoms with Gasteiger partial charge in [-0.3, -0.25) is 9.59 Å². The highest BCUT2D eigenvalue weighted by Crippen LogP contribution is 2.30. The number of methoxy groups -OCH3 is 2. The molecule has 0 aromatic heterocycles. The van der Waals surface area contributed by atoms with Crippen molar-refractivity contribution in [3.8, 4) is 11.5 Å². The predicted molar refractivity (Wildman–Crippen MR) is 119 cm³/mol. The minimum atomic E-state index is -0.813. The average Bonchev–Trinajstić information content (AvgIpc) is 2.79. The van der Waals surface area contributed by atoms with Gasteiger partial charge in [0.1, 0.15) is 16.5 Å². The van der Waals surface area contributed by atoms with Crippen LogP contribution >= 0.6 is 11.8 Å². The number of carbonyl (C=O) groups excluding carboxylic acids is 3. The Morgan fingerprint density at radius 1 is 1.26 bits per heavy atom. The van der Waals surface area contributed by atoms with E-state index in [2.05, 4.69) is 15.3 Å². The lowest BCUT2D eigenvalue weighted by molar-refractivity contribution is -0.407. The molecule has 1 N–H and O–H groups in total. The van der Waals surface area contributed by atoms with E-state index >= 15 is 0 Å². The minimum Gasteiger partial charge on any atom is -0.497 e. The third kappa shape index (κ3) is 4.46. The van der Waals surface area contributed by atoms with Crippen LogP contribution in [0.3, 0.4) is 0 Å². The standard InChI is InChI=1S/C20H23N5O5S/c1-6-14-22-17-16(19(27)25(3)20(28)24(17)2)18(23-14)31-10-15(26)21-12-9-11(29-4)7-8-13(12)30-5/h7-9,16H,6,10H2,1-5H3/p+1. The molecule has 0 fully saturated rings. The summed E-state index contributed by atoms with van der Waals surface area (Å²) >= 11 is 1.14. The normalized spacial score (nSPS) is 18.4. The van der Waals surface area contributed by atoms with E-state index in [1.165, 1.54) is 25.8 Å². The molecule has 2 heterocycles. The van der Waals surface area contributed by atoms with Gasteiger partial charge in [0.2, 0.25) is 11.7 Å². The van der Waals surface area contributed by atoms with Crippen molar-refractivity contribution in [3.05, 3.63) is 18.2 Å². The van der Waals surface area contributed by atoms with Gasteiger partial charge >= 0.3 is 11.9 Å². The van der Waals surface area contributed by atoms with Gasteiger partial charge in [-0.2, -0.15) is 9.48 Å². The number of carbonyl (C=O) groups is 3. The molecule has 2 aliphatic heterocycles. The lowest BCUT2D eigenvalue weighted by Crippen LogP contribution is -2.54. The summed E-state index contributed by atoms with van der Waals surface area (Å²) in [6.45, 7) is 1.88. The molecule has 164 valence electrons. The molecule has 4 amide bonds. The van der Waals surface area contributed by atoms with E-state index in [1.54, 1.807) is 25.2 Å². The Hall–Kier alpha value is -3.21. The molecule has 10 nitrogen and oxygen atoms in total. The zero-order valence-corrected chi connectivity index (χ0v) is 18.8. The Kier molecular flexibility index (Phi) is 6.74. The van der Waals surface area contributed by atoms with Gasteiger partial charge < -0.3 is 14.8 Å². The first-order valence-electron chi connectivity index (χ1n) is 9.53. The van der Waals surface area contributed by atoms with Gasteiger partial charge in [0.15, 0.2) is 5.92 Å². The first-order chi connectivity index (χ1) is 14.8. The molecule has 1 unspecified atom stereocenters. The van der Waals surface area contributed by atoms with Crippen LogP contribution in [0, 0.1) is 5.92 Å². The van der Waals surface area contributed by atoms with Gasteiger partial charge in [0.25, 0.3) is 5.84 Å². The molecular formula is C20H24N5O5S+. The first-order valence-corrected chi connectivity index (χ1v) is 10.5. The second-order valence-corrected chi connectivity index (χ2v) is 7.76. The van der Waals surface area contributed by atoms with Crippen LogP contribution in [0.25, 0.3) is 0 Å². The SMILES string of the molecule is CCC1=NC2=[N+](C)C(=O)N(C)C(=O)C2C(SCC(=O)Nc2cc(OC)ccc2OC)=N1. The molecule has 3 rings (SSSR count). The van der Waals surface area contributed by atoms with Crippen molar-refractivity contribution >= 4 is 52.0 Å². The summed E-state index contributed by atoms with van der Waals surface area (Å²) in [5.74, 6) is 0.376. The summed E-state index contributed by atoms with van der Waals surface area (Å²) in [6, 6.07) is 4.63. The Bertz CT molecular complexity index is 1030. The van der Waals surface area contributed by atoms with E-state index in [1.807, 2.05) is 6.92 Å². The van der Waals surface area contributed by atoms with Crippen molar-refractivity contribution < 1.29 is 28.4 Å². The Balaban J connectivity index is 1.80. The zero-order chi connectivity index (χ0) is 22.7. The number of anilines is 1. The van der Waals surface area contributed by atoms with Gasteiger partial charge in [-0.15, -0.1) is 0 Å². The third-order valence-corrected chi connectivity index (χ3v) is 5.86. The fourth-order valence-corrected chi connectivity index (χ4v) is 4.02. The summed E-state index contributed by atoms with van der Waals surface area (Å²) in [5.41, 5.74) is 0.472. The van der Waals surface area contributed by atoms with Gasteiger partial charge in [0.05, 0.1) is 39.8 Å². The number of imide groups is 1. The highest BCUT2D eigenvalue weighted by Gasteiger charge is 2.49. The number of nitrogens with one attached hydrogen (secondary N) is 1. The number of fused-ring (bicyclic) bond motifs is 1. The molecule has 0 bridgehead atoms. The Labute approximate surface area is 184 Å². The van der Waals surface area contributed by atoms with E-state index < -0.39 is 17.9 Å². The van der Waals surface area contributed by atoms with Crippen molar-refractivity contribution in [2.24, 2.45) is 15.9 Å². The van der Waals surface area contributed by atoms with Crippen molar-refractivity contribution in [3.63, 3.8) is 0 Å². The van der Waals surface area contributed by atoms with Crippen LogP contribution in [0.4, 0.5) is 10.5 Å². The number of urea groups is 1. The second kappa shape index (κ2) is 9.29. The maximum absolute atomic E-state index is 12.8. The lowest BCUT2D eigenvalue weighted by Gasteiger charge is -2.26. The quantitative estimate of drug-likeness (QED) is 0.668. The monoisotopic (exact) mass is 446 g/mol. The maximum atomic E-state index is 12.8. The smallest absolute Gasteiger partial charge is 0.445 e. The number of amidine groups is 2. The Morgan fingerprint density at radius 3 is 2.65 bits per heavy atom. The third-order valence-electron chi connectivity index (χ3n) is 4.83. The van der Waals surface area contributed by atoms with Crippen LogP contribution in [0.1, 0.15) is 13.3 Å². The topological polar surface area (TPSA) is 113 Å². The highest BCUT2D eigenvalue weighted by molar-refractivity contribution is 8.14. The van der Waals surface area contributed by atoms with Crippen LogP contribution in [-0.2, 0) is 9.59 Å². The number of nitrogens with zero attached hydrogens (tertiary/aromatic N) is 4. The van der Waals surface area contributed by atoms with Gasteiger partial charge in [0, 0.05) is 12.5 Å². The minimum absolute atomic E-state index is 0.00856. The number of hydrogen-bond acceptors (Lipinski definition) is 8. The van der Waals surface area contributed by atoms with Crippen LogP contribution in [0.15, 0.2) is 28.2 Å². The maximum Gasteiger partial charge on any atom is 0.445 e. The largest absolute Gasteiger partial charge is 0.497 e. The lowest BCUT2D eigenvalue weighted by atomic mass is 10.0. The molecule has 0 saturated carbocycles. The molecule has 0 aliphatic carbocycles.